The van der Waals surface area contributed by atoms with Gasteiger partial charge in [0.15, 0.2) is 0 Å². The lowest BCUT2D eigenvalue weighted by Gasteiger charge is -2.31. The number of esters is 1. The highest BCUT2D eigenvalue weighted by Crippen LogP contribution is 2.18. The number of rotatable bonds is 4. The highest BCUT2D eigenvalue weighted by molar-refractivity contribution is 6.04. The molecule has 1 atom stereocenters. The van der Waals surface area contributed by atoms with Crippen molar-refractivity contribution in [2.75, 3.05) is 13.7 Å². The van der Waals surface area contributed by atoms with Crippen molar-refractivity contribution in [3.63, 3.8) is 0 Å². The van der Waals surface area contributed by atoms with Crippen LogP contribution in [0, 0.1) is 0 Å². The zero-order chi connectivity index (χ0) is 15.2. The molecule has 1 fully saturated rings. The molecular formula is C14H17N3O4. The van der Waals surface area contributed by atoms with Crippen LogP contribution >= 0.6 is 0 Å². The van der Waals surface area contributed by atoms with Gasteiger partial charge < -0.3 is 9.64 Å². The van der Waals surface area contributed by atoms with E-state index < -0.39 is 0 Å². The second-order valence-electron chi connectivity index (χ2n) is 4.77. The Morgan fingerprint density at radius 2 is 2.33 bits per heavy atom. The number of hydrogen-bond donors (Lipinski definition) is 0. The van der Waals surface area contributed by atoms with Gasteiger partial charge in [0.25, 0.3) is 5.91 Å². The predicted octanol–water partition coefficient (Wildman–Crippen LogP) is 1.02. The van der Waals surface area contributed by atoms with Crippen molar-refractivity contribution in [1.29, 1.82) is 0 Å². The van der Waals surface area contributed by atoms with Gasteiger partial charge in [-0.3, -0.25) is 9.59 Å². The molecule has 7 nitrogen and oxygen atoms in total. The fraction of sp³-hybridized carbons (Fsp3) is 0.429. The van der Waals surface area contributed by atoms with Crippen molar-refractivity contribution < 1.29 is 19.3 Å². The van der Waals surface area contributed by atoms with Crippen LogP contribution in [0.3, 0.4) is 0 Å². The van der Waals surface area contributed by atoms with Gasteiger partial charge in [0.1, 0.15) is 0 Å². The number of cyclic esters (lactones) is 1. The second-order valence-corrected chi connectivity index (χ2v) is 4.77. The van der Waals surface area contributed by atoms with Gasteiger partial charge in [0.05, 0.1) is 18.7 Å². The average molecular weight is 291 g/mol. The molecule has 1 heterocycles. The van der Waals surface area contributed by atoms with Gasteiger partial charge in [-0.1, -0.05) is 16.4 Å². The van der Waals surface area contributed by atoms with E-state index in [-0.39, 0.29) is 24.3 Å². The number of likely N-dealkylation sites (N-methyl/N-ethyl adjacent to an activating group) is 1. The minimum atomic E-state index is -0.262. The quantitative estimate of drug-likeness (QED) is 0.440. The standard InChI is InChI=1S/C14H17N3O4/c1-15-21-16-11-5-3-10(4-6-11)14(19)17(2)12-7-8-20-13(18)9-12/h3-5,12H,1,6-9H2,2H3/b16-11-. The summed E-state index contributed by atoms with van der Waals surface area (Å²) in [6.07, 6.45) is 6.52. The van der Waals surface area contributed by atoms with Gasteiger partial charge in [-0.2, -0.15) is 0 Å². The Hall–Kier alpha value is -2.44. The Labute approximate surface area is 122 Å². The van der Waals surface area contributed by atoms with E-state index >= 15 is 0 Å². The van der Waals surface area contributed by atoms with Crippen molar-refractivity contribution >= 4 is 24.3 Å². The Balaban J connectivity index is 1.97. The summed E-state index contributed by atoms with van der Waals surface area (Å²) in [4.78, 5) is 29.8. The third-order valence-electron chi connectivity index (χ3n) is 3.43. The molecule has 1 aliphatic heterocycles. The first-order chi connectivity index (χ1) is 10.1. The first-order valence-electron chi connectivity index (χ1n) is 6.62. The van der Waals surface area contributed by atoms with Crippen molar-refractivity contribution in [3.05, 3.63) is 23.8 Å². The van der Waals surface area contributed by atoms with Gasteiger partial charge in [-0.05, 0) is 12.2 Å². The first-order valence-corrected chi connectivity index (χ1v) is 6.62. The van der Waals surface area contributed by atoms with Crippen LogP contribution in [0.1, 0.15) is 19.3 Å². The SMILES string of the molecule is C=NO/N=C1/C=CC(C(=O)N(C)C2CCOC(=O)C2)=CC1. The second kappa shape index (κ2) is 6.83. The molecule has 1 saturated heterocycles. The molecule has 1 amide bonds. The van der Waals surface area contributed by atoms with Crippen LogP contribution in [0.15, 0.2) is 34.1 Å². The number of allylic oxidation sites excluding steroid dienone is 2. The smallest absolute Gasteiger partial charge is 0.307 e. The van der Waals surface area contributed by atoms with Crippen molar-refractivity contribution in [2.45, 2.75) is 25.3 Å². The molecule has 0 aromatic rings. The van der Waals surface area contributed by atoms with E-state index in [9.17, 15) is 9.59 Å². The highest BCUT2D eigenvalue weighted by atomic mass is 16.8. The summed E-state index contributed by atoms with van der Waals surface area (Å²) in [5.74, 6) is -0.379. The van der Waals surface area contributed by atoms with E-state index in [0.29, 0.717) is 30.7 Å². The van der Waals surface area contributed by atoms with Gasteiger partial charge >= 0.3 is 5.97 Å². The van der Waals surface area contributed by atoms with E-state index in [1.54, 1.807) is 30.2 Å². The van der Waals surface area contributed by atoms with Gasteiger partial charge in [0, 0.05) is 38.2 Å². The molecular weight excluding hydrogens is 274 g/mol. The summed E-state index contributed by atoms with van der Waals surface area (Å²) in [6.45, 7) is 3.51. The number of oxime groups is 2. The lowest BCUT2D eigenvalue weighted by molar-refractivity contribution is -0.150. The molecule has 1 aliphatic carbocycles. The molecule has 0 saturated carbocycles. The normalized spacial score (nSPS) is 23.3. The van der Waals surface area contributed by atoms with Gasteiger partial charge in [-0.15, -0.1) is 0 Å². The molecule has 7 heteroatoms. The number of carbonyl (C=O) groups excluding carboxylic acids is 2. The minimum absolute atomic E-state index is 0.114. The number of hydrogen-bond acceptors (Lipinski definition) is 6. The summed E-state index contributed by atoms with van der Waals surface area (Å²) >= 11 is 0. The van der Waals surface area contributed by atoms with Crippen LogP contribution in [0.25, 0.3) is 0 Å². The molecule has 0 spiro atoms. The zero-order valence-electron chi connectivity index (χ0n) is 11.8. The molecule has 0 radical (unpaired) electrons. The molecule has 112 valence electrons. The van der Waals surface area contributed by atoms with Crippen LogP contribution in [0.5, 0.6) is 0 Å². The fourth-order valence-corrected chi connectivity index (χ4v) is 2.21. The predicted molar refractivity (Wildman–Crippen MR) is 76.7 cm³/mol. The molecule has 2 aliphatic rings. The van der Waals surface area contributed by atoms with E-state index in [4.69, 9.17) is 4.74 Å². The Morgan fingerprint density at radius 3 is 2.95 bits per heavy atom. The van der Waals surface area contributed by atoms with Crippen molar-refractivity contribution in [1.82, 2.24) is 4.90 Å². The third kappa shape index (κ3) is 3.77. The molecule has 2 rings (SSSR count). The van der Waals surface area contributed by atoms with Gasteiger partial charge in [-0.25, -0.2) is 4.94 Å². The topological polar surface area (TPSA) is 80.6 Å². The summed E-state index contributed by atoms with van der Waals surface area (Å²) in [5.41, 5.74) is 1.23. The molecule has 0 N–H and O–H groups in total. The fourth-order valence-electron chi connectivity index (χ4n) is 2.21. The van der Waals surface area contributed by atoms with E-state index in [1.165, 1.54) is 0 Å². The Morgan fingerprint density at radius 1 is 1.52 bits per heavy atom. The monoisotopic (exact) mass is 291 g/mol. The van der Waals surface area contributed by atoms with Crippen LogP contribution < -0.4 is 0 Å². The maximum Gasteiger partial charge on any atom is 0.307 e. The van der Waals surface area contributed by atoms with Gasteiger partial charge in [0.2, 0.25) is 0 Å². The van der Waals surface area contributed by atoms with Crippen LogP contribution in [-0.2, 0) is 19.3 Å². The highest BCUT2D eigenvalue weighted by Gasteiger charge is 2.28. The summed E-state index contributed by atoms with van der Waals surface area (Å²) < 4.78 is 4.89. The summed E-state index contributed by atoms with van der Waals surface area (Å²) in [6, 6.07) is -0.114. The van der Waals surface area contributed by atoms with Crippen LogP contribution in [-0.4, -0.2) is 48.9 Å². The number of carbonyl (C=O) groups is 2. The largest absolute Gasteiger partial charge is 0.466 e. The number of ether oxygens (including phenoxy) is 1. The molecule has 0 aromatic carbocycles. The maximum atomic E-state index is 12.4. The number of nitrogens with zero attached hydrogens (tertiary/aromatic N) is 3. The molecule has 21 heavy (non-hydrogen) atoms. The van der Waals surface area contributed by atoms with Crippen molar-refractivity contribution in [2.24, 2.45) is 10.3 Å². The van der Waals surface area contributed by atoms with Crippen LogP contribution in [0.4, 0.5) is 0 Å². The van der Waals surface area contributed by atoms with E-state index in [1.807, 2.05) is 0 Å². The first kappa shape index (κ1) is 15.0. The van der Waals surface area contributed by atoms with E-state index in [0.717, 1.165) is 0 Å². The third-order valence-corrected chi connectivity index (χ3v) is 3.43. The van der Waals surface area contributed by atoms with E-state index in [2.05, 4.69) is 22.0 Å². The summed E-state index contributed by atoms with van der Waals surface area (Å²) in [7, 11) is 1.70. The minimum Gasteiger partial charge on any atom is -0.466 e. The molecule has 0 bridgehead atoms. The number of amides is 1. The lowest BCUT2D eigenvalue weighted by Crippen LogP contribution is -2.42. The Kier molecular flexibility index (Phi) is 4.86. The zero-order valence-corrected chi connectivity index (χ0v) is 11.8. The maximum absolute atomic E-state index is 12.4. The summed E-state index contributed by atoms with van der Waals surface area (Å²) in [5, 5.41) is 6.88. The molecule has 1 unspecified atom stereocenters. The van der Waals surface area contributed by atoms with Crippen molar-refractivity contribution in [3.8, 4) is 0 Å². The lowest BCUT2D eigenvalue weighted by atomic mass is 10.0. The molecule has 0 aromatic heterocycles. The Bertz CT molecular complexity index is 536. The van der Waals surface area contributed by atoms with Crippen LogP contribution in [0.2, 0.25) is 0 Å². The average Bonchev–Trinajstić information content (AvgIpc) is 2.52.